The van der Waals surface area contributed by atoms with Gasteiger partial charge in [0.15, 0.2) is 0 Å². The molecule has 0 spiro atoms. The molecule has 0 bridgehead atoms. The number of hydrogen-bond donors (Lipinski definition) is 6. The third-order valence-corrected chi connectivity index (χ3v) is 6.51. The maximum atomic E-state index is 12.2. The van der Waals surface area contributed by atoms with Gasteiger partial charge in [0, 0.05) is 54.4 Å². The number of carboxylic acid groups (broad SMARTS) is 2. The summed E-state index contributed by atoms with van der Waals surface area (Å²) in [5.41, 5.74) is 0.441. The summed E-state index contributed by atoms with van der Waals surface area (Å²) < 4.78 is 5.87. The lowest BCUT2D eigenvalue weighted by Crippen LogP contribution is -2.41. The molecule has 1 aromatic rings. The summed E-state index contributed by atoms with van der Waals surface area (Å²) in [5, 5.41) is 28.5. The zero-order valence-electron chi connectivity index (χ0n) is 23.7. The number of ether oxygens (including phenoxy) is 1. The quantitative estimate of drug-likeness (QED) is 0.0812. The van der Waals surface area contributed by atoms with Gasteiger partial charge in [0.2, 0.25) is 11.8 Å². The topological polar surface area (TPSA) is 213 Å². The number of nitrogens with zero attached hydrogens (tertiary/aromatic N) is 1. The number of rotatable bonds is 21. The van der Waals surface area contributed by atoms with Crippen LogP contribution in [0, 0.1) is 3.57 Å². The monoisotopic (exact) mass is 703 g/mol. The number of pyridine rings is 1. The van der Waals surface area contributed by atoms with Crippen molar-refractivity contribution in [2.45, 2.75) is 83.2 Å². The molecule has 0 aromatic carbocycles. The van der Waals surface area contributed by atoms with Crippen LogP contribution in [0.25, 0.3) is 0 Å². The highest BCUT2D eigenvalue weighted by molar-refractivity contribution is 14.1. The Morgan fingerprint density at radius 3 is 2.24 bits per heavy atom. The third kappa shape index (κ3) is 18.0. The average molecular weight is 704 g/mol. The van der Waals surface area contributed by atoms with Crippen molar-refractivity contribution in [1.82, 2.24) is 26.3 Å². The van der Waals surface area contributed by atoms with Crippen molar-refractivity contribution >= 4 is 58.3 Å². The lowest BCUT2D eigenvalue weighted by Gasteiger charge is -2.14. The van der Waals surface area contributed by atoms with Gasteiger partial charge in [0.25, 0.3) is 5.91 Å². The third-order valence-electron chi connectivity index (χ3n) is 5.92. The van der Waals surface area contributed by atoms with E-state index in [1.54, 1.807) is 19.2 Å². The Labute approximate surface area is 258 Å². The number of halogens is 1. The smallest absolute Gasteiger partial charge is 0.407 e. The SMILES string of the molecule is C[C@H](CCC(=O)O)NC(=O)OCCCCCNC(=O)CCC(=O)NC(CCCCNC(=O)c1cncc([125I])c1)C(=O)O. The molecule has 234 valence electrons. The van der Waals surface area contributed by atoms with Crippen molar-refractivity contribution in [2.75, 3.05) is 19.7 Å². The van der Waals surface area contributed by atoms with Gasteiger partial charge in [-0.05, 0) is 80.5 Å². The van der Waals surface area contributed by atoms with Crippen molar-refractivity contribution in [3.63, 3.8) is 0 Å². The Kier molecular flexibility index (Phi) is 18.5. The lowest BCUT2D eigenvalue weighted by molar-refractivity contribution is -0.142. The molecule has 42 heavy (non-hydrogen) atoms. The molecule has 1 heterocycles. The van der Waals surface area contributed by atoms with E-state index in [2.05, 4.69) is 48.8 Å². The molecule has 0 aliphatic heterocycles. The number of aromatic nitrogens is 1. The van der Waals surface area contributed by atoms with Crippen LogP contribution in [0.2, 0.25) is 0 Å². The number of amides is 4. The first-order valence-corrected chi connectivity index (χ1v) is 14.9. The summed E-state index contributed by atoms with van der Waals surface area (Å²) in [4.78, 5) is 74.0. The fourth-order valence-electron chi connectivity index (χ4n) is 3.60. The molecule has 1 rings (SSSR count). The van der Waals surface area contributed by atoms with E-state index in [1.807, 2.05) is 0 Å². The molecule has 1 aromatic heterocycles. The van der Waals surface area contributed by atoms with Crippen molar-refractivity contribution < 1.29 is 43.7 Å². The van der Waals surface area contributed by atoms with Gasteiger partial charge in [-0.2, -0.15) is 0 Å². The van der Waals surface area contributed by atoms with Gasteiger partial charge in [0.1, 0.15) is 6.04 Å². The van der Waals surface area contributed by atoms with Crippen molar-refractivity contribution in [1.29, 1.82) is 0 Å². The first kappa shape index (κ1) is 36.5. The minimum atomic E-state index is -1.17. The molecule has 0 aliphatic carbocycles. The summed E-state index contributed by atoms with van der Waals surface area (Å²) in [7, 11) is 0. The van der Waals surface area contributed by atoms with E-state index in [4.69, 9.17) is 9.84 Å². The van der Waals surface area contributed by atoms with Gasteiger partial charge >= 0.3 is 18.0 Å². The number of unbranched alkanes of at least 4 members (excludes halogenated alkanes) is 3. The van der Waals surface area contributed by atoms with E-state index < -0.39 is 30.0 Å². The molecule has 0 aliphatic rings. The Hall–Kier alpha value is -3.50. The molecule has 0 radical (unpaired) electrons. The predicted octanol–water partition coefficient (Wildman–Crippen LogP) is 2.20. The summed E-state index contributed by atoms with van der Waals surface area (Å²) in [6, 6.07) is 0.306. The van der Waals surface area contributed by atoms with Crippen molar-refractivity contribution in [2.24, 2.45) is 0 Å². The van der Waals surface area contributed by atoms with Crippen molar-refractivity contribution in [3.8, 4) is 0 Å². The average Bonchev–Trinajstić information content (AvgIpc) is 2.93. The molecule has 14 nitrogen and oxygen atoms in total. The van der Waals surface area contributed by atoms with E-state index in [9.17, 15) is 33.9 Å². The highest BCUT2D eigenvalue weighted by Crippen LogP contribution is 2.06. The molecule has 4 amide bonds. The molecular formula is C27H40IN5O9. The van der Waals surface area contributed by atoms with Crippen LogP contribution in [0.4, 0.5) is 4.79 Å². The van der Waals surface area contributed by atoms with Gasteiger partial charge in [-0.15, -0.1) is 0 Å². The van der Waals surface area contributed by atoms with E-state index in [-0.39, 0.29) is 50.1 Å². The number of aliphatic carboxylic acids is 2. The maximum Gasteiger partial charge on any atom is 0.407 e. The molecular weight excluding hydrogens is 663 g/mol. The number of carbonyl (C=O) groups excluding carboxylic acids is 4. The number of nitrogens with one attached hydrogen (secondary N) is 4. The Morgan fingerprint density at radius 2 is 1.55 bits per heavy atom. The number of carboxylic acids is 2. The van der Waals surface area contributed by atoms with Crippen molar-refractivity contribution in [3.05, 3.63) is 27.6 Å². The fourth-order valence-corrected chi connectivity index (χ4v) is 4.10. The molecule has 0 fully saturated rings. The van der Waals surface area contributed by atoms with Crippen LogP contribution in [0.15, 0.2) is 18.5 Å². The minimum absolute atomic E-state index is 0.0435. The number of hydrogen-bond acceptors (Lipinski definition) is 8. The maximum absolute atomic E-state index is 12.2. The van der Waals surface area contributed by atoms with E-state index in [1.165, 1.54) is 6.20 Å². The van der Waals surface area contributed by atoms with Gasteiger partial charge in [-0.25, -0.2) is 9.59 Å². The second-order valence-corrected chi connectivity index (χ2v) is 10.9. The predicted molar refractivity (Wildman–Crippen MR) is 160 cm³/mol. The Morgan fingerprint density at radius 1 is 0.857 bits per heavy atom. The number of alkyl carbamates (subject to hydrolysis) is 1. The molecule has 0 saturated heterocycles. The Balaban J connectivity index is 2.12. The van der Waals surface area contributed by atoms with E-state index in [0.717, 1.165) is 3.57 Å². The number of carbonyl (C=O) groups is 6. The van der Waals surface area contributed by atoms with Crippen LogP contribution in [-0.2, 0) is 23.9 Å². The van der Waals surface area contributed by atoms with Gasteiger partial charge in [0.05, 0.1) is 12.2 Å². The van der Waals surface area contributed by atoms with Gasteiger partial charge < -0.3 is 36.2 Å². The minimum Gasteiger partial charge on any atom is -0.481 e. The van der Waals surface area contributed by atoms with E-state index in [0.29, 0.717) is 57.2 Å². The van der Waals surface area contributed by atoms with Crippen LogP contribution in [0.1, 0.15) is 81.5 Å². The van der Waals surface area contributed by atoms with Crippen LogP contribution in [0.5, 0.6) is 0 Å². The zero-order valence-corrected chi connectivity index (χ0v) is 25.8. The van der Waals surface area contributed by atoms with Gasteiger partial charge in [-0.1, -0.05) is 0 Å². The highest BCUT2D eigenvalue weighted by Gasteiger charge is 2.20. The highest BCUT2D eigenvalue weighted by atomic mass is 125. The molecule has 15 heteroatoms. The standard InChI is InChI=1S/C27H40IN5O9/c1-18(8-11-24(36)37)32-27(41)42-14-6-2-4-12-30-22(34)9-10-23(35)33-21(26(39)40)7-3-5-13-31-25(38)19-15-20(28)17-29-16-19/h15-18,21H,2-14H2,1H3,(H,30,34)(H,31,38)(H,32,41)(H,33,35)(H,36,37)(H,39,40)/t18-,21?/m1/s1/i28-2. The lowest BCUT2D eigenvalue weighted by atomic mass is 10.1. The zero-order chi connectivity index (χ0) is 31.3. The summed E-state index contributed by atoms with van der Waals surface area (Å²) in [6.45, 7) is 2.62. The largest absolute Gasteiger partial charge is 0.481 e. The normalized spacial score (nSPS) is 12.0. The molecule has 1 unspecified atom stereocenters. The summed E-state index contributed by atoms with van der Waals surface area (Å²) in [5.74, 6) is -3.24. The summed E-state index contributed by atoms with van der Waals surface area (Å²) in [6.07, 6.45) is 5.61. The van der Waals surface area contributed by atoms with Gasteiger partial charge in [-0.3, -0.25) is 24.2 Å². The van der Waals surface area contributed by atoms with E-state index >= 15 is 0 Å². The summed E-state index contributed by atoms with van der Waals surface area (Å²) >= 11 is 2.06. The molecule has 2 atom stereocenters. The second kappa shape index (κ2) is 21.2. The van der Waals surface area contributed by atoms with Crippen LogP contribution in [0.3, 0.4) is 0 Å². The molecule has 0 saturated carbocycles. The first-order valence-electron chi connectivity index (χ1n) is 13.8. The van der Waals surface area contributed by atoms with Crippen LogP contribution < -0.4 is 21.3 Å². The fraction of sp³-hybridized carbons (Fsp3) is 0.593. The second-order valence-electron chi connectivity index (χ2n) is 9.63. The first-order chi connectivity index (χ1) is 20.0. The van der Waals surface area contributed by atoms with Crippen LogP contribution >= 0.6 is 22.6 Å². The Bertz CT molecular complexity index is 1060. The molecule has 6 N–H and O–H groups in total. The van der Waals surface area contributed by atoms with Crippen LogP contribution in [-0.4, -0.2) is 82.7 Å².